The van der Waals surface area contributed by atoms with Crippen LogP contribution in [0.15, 0.2) is 35.0 Å². The van der Waals surface area contributed by atoms with E-state index in [1.807, 2.05) is 0 Å². The topological polar surface area (TPSA) is 97.9 Å². The first kappa shape index (κ1) is 24.2. The van der Waals surface area contributed by atoms with Gasteiger partial charge in [-0.25, -0.2) is 9.78 Å². The van der Waals surface area contributed by atoms with E-state index in [-0.39, 0.29) is 46.9 Å². The Balaban J connectivity index is 1.20. The fourth-order valence-electron chi connectivity index (χ4n) is 5.48. The molecule has 6 rings (SSSR count). The Morgan fingerprint density at radius 3 is 2.54 bits per heavy atom. The van der Waals surface area contributed by atoms with Crippen molar-refractivity contribution in [3.63, 3.8) is 0 Å². The number of hydrogen-bond acceptors (Lipinski definition) is 8. The number of nitrogens with zero attached hydrogens (tertiary/aromatic N) is 3. The molecule has 12 heteroatoms. The van der Waals surface area contributed by atoms with E-state index < -0.39 is 12.3 Å². The molecule has 1 N–H and O–H groups in total. The van der Waals surface area contributed by atoms with Gasteiger partial charge in [0.15, 0.2) is 5.13 Å². The zero-order chi connectivity index (χ0) is 25.7. The lowest BCUT2D eigenvalue weighted by molar-refractivity contribution is -0.274. The molecule has 2 aromatic heterocycles. The molecule has 2 atom stereocenters. The van der Waals surface area contributed by atoms with Gasteiger partial charge in [-0.15, -0.1) is 13.2 Å². The summed E-state index contributed by atoms with van der Waals surface area (Å²) in [5.41, 5.74) is 1.19. The highest BCUT2D eigenvalue weighted by molar-refractivity contribution is 7.17. The molecular formula is C25H24F3N3O5S. The fourth-order valence-corrected chi connectivity index (χ4v) is 6.37. The van der Waals surface area contributed by atoms with Gasteiger partial charge in [0.25, 0.3) is 0 Å². The van der Waals surface area contributed by atoms with Crippen LogP contribution < -0.4 is 9.64 Å². The normalized spacial score (nSPS) is 23.4. The van der Waals surface area contributed by atoms with Gasteiger partial charge in [-0.05, 0) is 50.7 Å². The van der Waals surface area contributed by atoms with Crippen molar-refractivity contribution >= 4 is 22.4 Å². The van der Waals surface area contributed by atoms with Gasteiger partial charge >= 0.3 is 12.3 Å². The van der Waals surface area contributed by atoms with Crippen molar-refractivity contribution in [2.45, 2.75) is 75.6 Å². The lowest BCUT2D eigenvalue weighted by Crippen LogP contribution is -2.45. The molecule has 8 nitrogen and oxygen atoms in total. The number of piperidine rings is 1. The Hall–Kier alpha value is -3.12. The van der Waals surface area contributed by atoms with Gasteiger partial charge in [-0.3, -0.25) is 0 Å². The smallest absolute Gasteiger partial charge is 0.477 e. The van der Waals surface area contributed by atoms with Crippen LogP contribution in [0, 0.1) is 0 Å². The number of carboxylic acid groups (broad SMARTS) is 1. The van der Waals surface area contributed by atoms with Crippen molar-refractivity contribution in [3.05, 3.63) is 46.7 Å². The first-order chi connectivity index (χ1) is 17.8. The Labute approximate surface area is 214 Å². The molecule has 1 saturated carbocycles. The van der Waals surface area contributed by atoms with Gasteiger partial charge in [0.1, 0.15) is 22.1 Å². The minimum absolute atomic E-state index is 0.0517. The Kier molecular flexibility index (Phi) is 6.10. The van der Waals surface area contributed by atoms with Crippen molar-refractivity contribution in [3.8, 4) is 17.0 Å². The molecule has 37 heavy (non-hydrogen) atoms. The molecule has 2 bridgehead atoms. The summed E-state index contributed by atoms with van der Waals surface area (Å²) in [5.74, 6) is -0.446. The Bertz CT molecular complexity index is 1290. The predicted octanol–water partition coefficient (Wildman–Crippen LogP) is 5.99. The second-order valence-electron chi connectivity index (χ2n) is 9.70. The fraction of sp³-hybridized carbons (Fsp3) is 0.480. The summed E-state index contributed by atoms with van der Waals surface area (Å²) < 4.78 is 55.3. The van der Waals surface area contributed by atoms with E-state index in [0.29, 0.717) is 17.0 Å². The van der Waals surface area contributed by atoms with Crippen LogP contribution in [-0.2, 0) is 11.3 Å². The number of carboxylic acids is 1. The van der Waals surface area contributed by atoms with Crippen LogP contribution in [0.25, 0.3) is 11.3 Å². The minimum Gasteiger partial charge on any atom is -0.477 e. The maximum absolute atomic E-state index is 13.0. The SMILES string of the molecule is O=C(O)c1cnc(N2[C@@H]3CC[C@@H]2CC(OCc2c(-c4ccccc4OC(F)(F)F)noc2C2CC2)C3)s1. The molecule has 3 aromatic rings. The van der Waals surface area contributed by atoms with Gasteiger partial charge in [-0.1, -0.05) is 28.6 Å². The number of alkyl halides is 3. The summed E-state index contributed by atoms with van der Waals surface area (Å²) in [5, 5.41) is 14.1. The zero-order valence-electron chi connectivity index (χ0n) is 19.6. The van der Waals surface area contributed by atoms with Crippen LogP contribution in [0.5, 0.6) is 5.75 Å². The first-order valence-electron chi connectivity index (χ1n) is 12.2. The van der Waals surface area contributed by atoms with Crippen molar-refractivity contribution in [2.75, 3.05) is 4.90 Å². The highest BCUT2D eigenvalue weighted by Gasteiger charge is 2.43. The maximum Gasteiger partial charge on any atom is 0.573 e. The highest BCUT2D eigenvalue weighted by Crippen LogP contribution is 2.46. The highest BCUT2D eigenvalue weighted by atomic mass is 32.1. The quantitative estimate of drug-likeness (QED) is 0.376. The van der Waals surface area contributed by atoms with Crippen LogP contribution in [0.3, 0.4) is 0 Å². The van der Waals surface area contributed by atoms with Crippen molar-refractivity contribution in [1.82, 2.24) is 10.1 Å². The number of para-hydroxylation sites is 1. The maximum atomic E-state index is 13.0. The summed E-state index contributed by atoms with van der Waals surface area (Å²) in [6.07, 6.45) is 1.86. The average Bonchev–Trinajstić information content (AvgIpc) is 3.30. The van der Waals surface area contributed by atoms with Gasteiger partial charge in [0.2, 0.25) is 0 Å². The third-order valence-electron chi connectivity index (χ3n) is 7.21. The molecule has 4 heterocycles. The van der Waals surface area contributed by atoms with Crippen molar-refractivity contribution in [2.24, 2.45) is 0 Å². The molecule has 2 aliphatic heterocycles. The third kappa shape index (κ3) is 4.91. The molecule has 3 fully saturated rings. The molecule has 0 unspecified atom stereocenters. The monoisotopic (exact) mass is 535 g/mol. The van der Waals surface area contributed by atoms with E-state index in [2.05, 4.69) is 19.8 Å². The number of ether oxygens (including phenoxy) is 2. The van der Waals surface area contributed by atoms with Crippen LogP contribution in [0.1, 0.15) is 65.4 Å². The van der Waals surface area contributed by atoms with E-state index in [1.54, 1.807) is 6.07 Å². The lowest BCUT2D eigenvalue weighted by atomic mass is 10.00. The summed E-state index contributed by atoms with van der Waals surface area (Å²) >= 11 is 1.19. The van der Waals surface area contributed by atoms with Gasteiger partial charge < -0.3 is 24.0 Å². The van der Waals surface area contributed by atoms with Crippen molar-refractivity contribution in [1.29, 1.82) is 0 Å². The number of carbonyl (C=O) groups is 1. The standard InChI is InChI=1S/C25H24F3N3O5S/c26-25(27,28)35-19-4-2-1-3-17(19)21-18(22(36-30-21)13-5-6-13)12-34-16-9-14-7-8-15(10-16)31(14)24-29-11-20(37-24)23(32)33/h1-4,11,13-16H,5-10,12H2,(H,32,33)/t14-,15-/m1/s1. The molecule has 3 aliphatic rings. The van der Waals surface area contributed by atoms with Gasteiger partial charge in [0, 0.05) is 29.1 Å². The van der Waals surface area contributed by atoms with Crippen LogP contribution in [0.2, 0.25) is 0 Å². The van der Waals surface area contributed by atoms with Crippen LogP contribution in [0.4, 0.5) is 18.3 Å². The van der Waals surface area contributed by atoms with E-state index in [4.69, 9.17) is 9.26 Å². The molecule has 1 aromatic carbocycles. The summed E-state index contributed by atoms with van der Waals surface area (Å²) in [6.45, 7) is 0.176. The predicted molar refractivity (Wildman–Crippen MR) is 127 cm³/mol. The number of hydrogen-bond donors (Lipinski definition) is 1. The summed E-state index contributed by atoms with van der Waals surface area (Å²) in [4.78, 5) is 18.1. The van der Waals surface area contributed by atoms with Crippen molar-refractivity contribution < 1.29 is 37.1 Å². The molecule has 1 aliphatic carbocycles. The molecular weight excluding hydrogens is 511 g/mol. The first-order valence-corrected chi connectivity index (χ1v) is 13.0. The summed E-state index contributed by atoms with van der Waals surface area (Å²) in [7, 11) is 0. The van der Waals surface area contributed by atoms with E-state index >= 15 is 0 Å². The number of rotatable bonds is 8. The number of aromatic nitrogens is 2. The van der Waals surface area contributed by atoms with Crippen LogP contribution >= 0.6 is 11.3 Å². The number of anilines is 1. The second kappa shape index (κ2) is 9.32. The largest absolute Gasteiger partial charge is 0.573 e. The average molecular weight is 536 g/mol. The summed E-state index contributed by atoms with van der Waals surface area (Å²) in [6, 6.07) is 6.31. The van der Waals surface area contributed by atoms with E-state index in [0.717, 1.165) is 43.7 Å². The molecule has 2 saturated heterocycles. The molecule has 196 valence electrons. The van der Waals surface area contributed by atoms with E-state index in [1.165, 1.54) is 35.7 Å². The Morgan fingerprint density at radius 2 is 1.89 bits per heavy atom. The van der Waals surface area contributed by atoms with Gasteiger partial charge in [0.05, 0.1) is 18.9 Å². The Morgan fingerprint density at radius 1 is 1.16 bits per heavy atom. The molecule has 0 amide bonds. The second-order valence-corrected chi connectivity index (χ2v) is 10.7. The number of benzene rings is 1. The molecule has 0 radical (unpaired) electrons. The zero-order valence-corrected chi connectivity index (χ0v) is 20.4. The third-order valence-corrected chi connectivity index (χ3v) is 8.21. The van der Waals surface area contributed by atoms with Gasteiger partial charge in [-0.2, -0.15) is 0 Å². The number of halogens is 3. The van der Waals surface area contributed by atoms with E-state index in [9.17, 15) is 23.1 Å². The molecule has 0 spiro atoms. The number of fused-ring (bicyclic) bond motifs is 2. The lowest BCUT2D eigenvalue weighted by Gasteiger charge is -2.38. The minimum atomic E-state index is -4.83. The van der Waals surface area contributed by atoms with Crippen LogP contribution in [-0.4, -0.2) is 45.8 Å². The number of thiazole rings is 1. The number of aromatic carboxylic acids is 1.